The summed E-state index contributed by atoms with van der Waals surface area (Å²) in [7, 11) is 0. The molecule has 0 bridgehead atoms. The topological polar surface area (TPSA) is 17.1 Å². The van der Waals surface area contributed by atoms with Gasteiger partial charge in [0, 0.05) is 10.4 Å². The van der Waals surface area contributed by atoms with Crippen molar-refractivity contribution < 1.29 is 4.79 Å². The van der Waals surface area contributed by atoms with Crippen LogP contribution in [0.15, 0.2) is 28.7 Å². The molecule has 0 N–H and O–H groups in total. The van der Waals surface area contributed by atoms with Gasteiger partial charge in [-0.15, -0.1) is 0 Å². The maximum Gasteiger partial charge on any atom is 0.127 e. The van der Waals surface area contributed by atoms with E-state index in [1.807, 2.05) is 23.9 Å². The third-order valence-corrected chi connectivity index (χ3v) is 4.82. The average molecular weight is 299 g/mol. The Labute approximate surface area is 109 Å². The number of carbonyl (C=O) groups is 1. The standard InChI is InChI=1S/C13H15BrOS/c14-12-5-1-3-10(7-12)13(8-15)11-4-2-6-16-9-11/h1,3,5,7-8,11,13H,2,4,6,9H2. The van der Waals surface area contributed by atoms with E-state index in [0.29, 0.717) is 5.92 Å². The van der Waals surface area contributed by atoms with E-state index in [2.05, 4.69) is 28.1 Å². The van der Waals surface area contributed by atoms with Gasteiger partial charge in [0.25, 0.3) is 0 Å². The first-order valence-corrected chi connectivity index (χ1v) is 7.54. The summed E-state index contributed by atoms with van der Waals surface area (Å²) < 4.78 is 1.06. The second kappa shape index (κ2) is 5.87. The number of carbonyl (C=O) groups excluding carboxylic acids is 1. The summed E-state index contributed by atoms with van der Waals surface area (Å²) in [5.41, 5.74) is 1.15. The fourth-order valence-electron chi connectivity index (χ4n) is 2.22. The van der Waals surface area contributed by atoms with Gasteiger partial charge < -0.3 is 4.79 Å². The molecule has 1 aromatic rings. The molecule has 0 spiro atoms. The van der Waals surface area contributed by atoms with Gasteiger partial charge in [0.15, 0.2) is 0 Å². The van der Waals surface area contributed by atoms with Crippen LogP contribution < -0.4 is 0 Å². The second-order valence-electron chi connectivity index (χ2n) is 4.19. The SMILES string of the molecule is O=CC(c1cccc(Br)c1)C1CCCSC1. The molecule has 1 fully saturated rings. The van der Waals surface area contributed by atoms with Crippen LogP contribution >= 0.6 is 27.7 Å². The molecule has 1 aliphatic heterocycles. The summed E-state index contributed by atoms with van der Waals surface area (Å²) in [6, 6.07) is 8.13. The van der Waals surface area contributed by atoms with E-state index >= 15 is 0 Å². The quantitative estimate of drug-likeness (QED) is 0.788. The second-order valence-corrected chi connectivity index (χ2v) is 6.26. The lowest BCUT2D eigenvalue weighted by molar-refractivity contribution is -0.110. The summed E-state index contributed by atoms with van der Waals surface area (Å²) >= 11 is 5.44. The van der Waals surface area contributed by atoms with Crippen LogP contribution in [0.1, 0.15) is 24.3 Å². The molecular weight excluding hydrogens is 284 g/mol. The minimum Gasteiger partial charge on any atom is -0.303 e. The van der Waals surface area contributed by atoms with Gasteiger partial charge in [0.1, 0.15) is 6.29 Å². The summed E-state index contributed by atoms with van der Waals surface area (Å²) in [6.07, 6.45) is 3.55. The van der Waals surface area contributed by atoms with E-state index in [9.17, 15) is 4.79 Å². The summed E-state index contributed by atoms with van der Waals surface area (Å²) in [4.78, 5) is 11.3. The Kier molecular flexibility index (Phi) is 4.47. The molecule has 16 heavy (non-hydrogen) atoms. The first-order chi connectivity index (χ1) is 7.81. The third-order valence-electron chi connectivity index (χ3n) is 3.08. The van der Waals surface area contributed by atoms with Crippen molar-refractivity contribution in [3.05, 3.63) is 34.3 Å². The average Bonchev–Trinajstić information content (AvgIpc) is 2.31. The van der Waals surface area contributed by atoms with E-state index in [1.165, 1.54) is 18.6 Å². The zero-order valence-corrected chi connectivity index (χ0v) is 11.5. The van der Waals surface area contributed by atoms with Crippen LogP contribution in [0.5, 0.6) is 0 Å². The largest absolute Gasteiger partial charge is 0.303 e. The molecule has 1 heterocycles. The number of hydrogen-bond donors (Lipinski definition) is 0. The zero-order chi connectivity index (χ0) is 11.4. The molecule has 0 saturated carbocycles. The molecule has 1 nitrogen and oxygen atoms in total. The van der Waals surface area contributed by atoms with Gasteiger partial charge in [-0.25, -0.2) is 0 Å². The Morgan fingerprint density at radius 1 is 1.50 bits per heavy atom. The summed E-state index contributed by atoms with van der Waals surface area (Å²) in [6.45, 7) is 0. The van der Waals surface area contributed by atoms with Crippen molar-refractivity contribution in [2.75, 3.05) is 11.5 Å². The first kappa shape index (κ1) is 12.2. The number of thioether (sulfide) groups is 1. The van der Waals surface area contributed by atoms with Gasteiger partial charge in [0.2, 0.25) is 0 Å². The molecule has 2 atom stereocenters. The van der Waals surface area contributed by atoms with Crippen molar-refractivity contribution in [1.82, 2.24) is 0 Å². The Balaban J connectivity index is 2.17. The highest BCUT2D eigenvalue weighted by Gasteiger charge is 2.24. The van der Waals surface area contributed by atoms with Gasteiger partial charge in [-0.05, 0) is 48.0 Å². The number of hydrogen-bond acceptors (Lipinski definition) is 2. The predicted molar refractivity (Wildman–Crippen MR) is 73.0 cm³/mol. The van der Waals surface area contributed by atoms with Gasteiger partial charge in [-0.1, -0.05) is 28.1 Å². The molecular formula is C13H15BrOS. The van der Waals surface area contributed by atoms with Crippen LogP contribution in [0.3, 0.4) is 0 Å². The minimum absolute atomic E-state index is 0.0744. The summed E-state index contributed by atoms with van der Waals surface area (Å²) in [5.74, 6) is 2.96. The van der Waals surface area contributed by atoms with E-state index in [4.69, 9.17) is 0 Å². The highest BCUT2D eigenvalue weighted by Crippen LogP contribution is 2.34. The van der Waals surface area contributed by atoms with E-state index < -0.39 is 0 Å². The van der Waals surface area contributed by atoms with Crippen molar-refractivity contribution >= 4 is 34.0 Å². The molecule has 0 aromatic heterocycles. The molecule has 1 aliphatic rings. The number of benzene rings is 1. The van der Waals surface area contributed by atoms with Gasteiger partial charge in [0.05, 0.1) is 0 Å². The van der Waals surface area contributed by atoms with Crippen molar-refractivity contribution in [2.45, 2.75) is 18.8 Å². The maximum absolute atomic E-state index is 11.3. The highest BCUT2D eigenvalue weighted by molar-refractivity contribution is 9.10. The van der Waals surface area contributed by atoms with Gasteiger partial charge in [-0.3, -0.25) is 0 Å². The van der Waals surface area contributed by atoms with E-state index in [0.717, 1.165) is 22.1 Å². The number of halogens is 1. The van der Waals surface area contributed by atoms with E-state index in [1.54, 1.807) is 0 Å². The Hall–Kier alpha value is -0.280. The predicted octanol–water partition coefficient (Wildman–Crippen LogP) is 3.87. The minimum atomic E-state index is 0.0744. The van der Waals surface area contributed by atoms with Crippen LogP contribution in [-0.2, 0) is 4.79 Å². The van der Waals surface area contributed by atoms with Crippen LogP contribution in [0.2, 0.25) is 0 Å². The van der Waals surface area contributed by atoms with E-state index in [-0.39, 0.29) is 5.92 Å². The normalized spacial score (nSPS) is 22.7. The van der Waals surface area contributed by atoms with Crippen molar-refractivity contribution in [3.63, 3.8) is 0 Å². The zero-order valence-electron chi connectivity index (χ0n) is 9.06. The van der Waals surface area contributed by atoms with Gasteiger partial charge >= 0.3 is 0 Å². The molecule has 2 unspecified atom stereocenters. The highest BCUT2D eigenvalue weighted by atomic mass is 79.9. The molecule has 0 radical (unpaired) electrons. The van der Waals surface area contributed by atoms with Gasteiger partial charge in [-0.2, -0.15) is 11.8 Å². The molecule has 1 saturated heterocycles. The smallest absolute Gasteiger partial charge is 0.127 e. The fraction of sp³-hybridized carbons (Fsp3) is 0.462. The Morgan fingerprint density at radius 3 is 3.00 bits per heavy atom. The monoisotopic (exact) mass is 298 g/mol. The number of aldehydes is 1. The summed E-state index contributed by atoms with van der Waals surface area (Å²) in [5, 5.41) is 0. The van der Waals surface area contributed by atoms with Crippen LogP contribution in [0, 0.1) is 5.92 Å². The van der Waals surface area contributed by atoms with Crippen molar-refractivity contribution in [2.24, 2.45) is 5.92 Å². The van der Waals surface area contributed by atoms with Crippen molar-refractivity contribution in [3.8, 4) is 0 Å². The lowest BCUT2D eigenvalue weighted by Gasteiger charge is -2.26. The van der Waals surface area contributed by atoms with Crippen LogP contribution in [-0.4, -0.2) is 17.8 Å². The molecule has 3 heteroatoms. The molecule has 0 aliphatic carbocycles. The van der Waals surface area contributed by atoms with Crippen LogP contribution in [0.25, 0.3) is 0 Å². The lowest BCUT2D eigenvalue weighted by atomic mass is 9.85. The third kappa shape index (κ3) is 2.89. The fourth-order valence-corrected chi connectivity index (χ4v) is 3.86. The molecule has 1 aromatic carbocycles. The number of rotatable bonds is 3. The first-order valence-electron chi connectivity index (χ1n) is 5.60. The molecule has 2 rings (SSSR count). The molecule has 0 amide bonds. The lowest BCUT2D eigenvalue weighted by Crippen LogP contribution is -2.20. The Morgan fingerprint density at radius 2 is 2.38 bits per heavy atom. The van der Waals surface area contributed by atoms with Crippen molar-refractivity contribution in [1.29, 1.82) is 0 Å². The maximum atomic E-state index is 11.3. The molecule has 86 valence electrons. The van der Waals surface area contributed by atoms with Crippen LogP contribution in [0.4, 0.5) is 0 Å². The Bertz CT molecular complexity index is 361.